The maximum Gasteiger partial charge on any atom is 0.0398 e. The predicted molar refractivity (Wildman–Crippen MR) is 71.3 cm³/mol. The van der Waals surface area contributed by atoms with Crippen LogP contribution in [0.15, 0.2) is 24.4 Å². The zero-order valence-electron chi connectivity index (χ0n) is 10.6. The van der Waals surface area contributed by atoms with Crippen LogP contribution in [0.4, 0.5) is 0 Å². The van der Waals surface area contributed by atoms with Crippen LogP contribution in [-0.4, -0.2) is 24.0 Å². The molecule has 88 valence electrons. The van der Waals surface area contributed by atoms with Crippen molar-refractivity contribution in [2.75, 3.05) is 14.1 Å². The summed E-state index contributed by atoms with van der Waals surface area (Å²) in [5.74, 6) is 0. The fourth-order valence-electron chi connectivity index (χ4n) is 1.83. The highest BCUT2D eigenvalue weighted by atomic mass is 15.1. The van der Waals surface area contributed by atoms with E-state index in [1.807, 2.05) is 6.20 Å². The maximum atomic E-state index is 4.01. The van der Waals surface area contributed by atoms with E-state index in [4.69, 9.17) is 0 Å². The van der Waals surface area contributed by atoms with Gasteiger partial charge in [-0.1, -0.05) is 18.7 Å². The van der Waals surface area contributed by atoms with E-state index in [-0.39, 0.29) is 0 Å². The maximum absolute atomic E-state index is 4.01. The fourth-order valence-corrected chi connectivity index (χ4v) is 1.83. The van der Waals surface area contributed by atoms with Crippen LogP contribution in [0.3, 0.4) is 0 Å². The van der Waals surface area contributed by atoms with Gasteiger partial charge >= 0.3 is 0 Å². The van der Waals surface area contributed by atoms with E-state index in [0.29, 0.717) is 0 Å². The van der Waals surface area contributed by atoms with Gasteiger partial charge in [-0.3, -0.25) is 0 Å². The van der Waals surface area contributed by atoms with Crippen molar-refractivity contribution in [3.8, 4) is 0 Å². The number of aromatic amines is 1. The highest BCUT2D eigenvalue weighted by Gasteiger charge is 2.01. The Morgan fingerprint density at radius 1 is 1.50 bits per heavy atom. The molecule has 2 heteroatoms. The summed E-state index contributed by atoms with van der Waals surface area (Å²) in [6, 6.07) is 2.10. The number of hydrogen-bond acceptors (Lipinski definition) is 1. The van der Waals surface area contributed by atoms with Crippen LogP contribution in [0.1, 0.15) is 26.2 Å². The van der Waals surface area contributed by atoms with E-state index in [1.54, 1.807) is 0 Å². The van der Waals surface area contributed by atoms with E-state index in [9.17, 15) is 0 Å². The lowest BCUT2D eigenvalue weighted by Gasteiger charge is -2.16. The summed E-state index contributed by atoms with van der Waals surface area (Å²) >= 11 is 0. The SMILES string of the molecule is C=c1[nH]cc/c1=C(/CCCC=CC)N(C)C. The second-order valence-electron chi connectivity index (χ2n) is 4.17. The highest BCUT2D eigenvalue weighted by Crippen LogP contribution is 2.09. The molecular formula is C14H22N2. The summed E-state index contributed by atoms with van der Waals surface area (Å²) in [5.41, 5.74) is 1.36. The van der Waals surface area contributed by atoms with Crippen molar-refractivity contribution in [3.05, 3.63) is 35.0 Å². The lowest BCUT2D eigenvalue weighted by atomic mass is 10.1. The number of unbranched alkanes of at least 4 members (excludes halogenated alkanes) is 1. The van der Waals surface area contributed by atoms with Crippen LogP contribution in [-0.2, 0) is 0 Å². The molecule has 1 heterocycles. The molecule has 16 heavy (non-hydrogen) atoms. The molecule has 0 amide bonds. The van der Waals surface area contributed by atoms with Crippen LogP contribution in [0.2, 0.25) is 0 Å². The Morgan fingerprint density at radius 3 is 2.75 bits per heavy atom. The smallest absolute Gasteiger partial charge is 0.0398 e. The minimum Gasteiger partial charge on any atom is -0.380 e. The van der Waals surface area contributed by atoms with E-state index in [1.165, 1.54) is 17.3 Å². The standard InChI is InChI=1S/C14H22N2/c1-5-6-7-8-9-14(16(3)4)13-10-11-15-12(13)2/h5-6,10-11,15H,2,7-9H2,1,3-4H3/b6-5?,14-13+. The summed E-state index contributed by atoms with van der Waals surface area (Å²) in [6.07, 6.45) is 9.70. The Morgan fingerprint density at radius 2 is 2.25 bits per heavy atom. The van der Waals surface area contributed by atoms with E-state index >= 15 is 0 Å². The monoisotopic (exact) mass is 218 g/mol. The van der Waals surface area contributed by atoms with Gasteiger partial charge < -0.3 is 9.88 Å². The minimum atomic E-state index is 1.01. The van der Waals surface area contributed by atoms with Crippen molar-refractivity contribution in [2.45, 2.75) is 26.2 Å². The first-order chi connectivity index (χ1) is 7.66. The molecule has 0 aromatic carbocycles. The Labute approximate surface area is 98.0 Å². The molecule has 0 spiro atoms. The molecule has 1 aromatic rings. The first-order valence-corrected chi connectivity index (χ1v) is 5.80. The van der Waals surface area contributed by atoms with Gasteiger partial charge in [0.05, 0.1) is 0 Å². The van der Waals surface area contributed by atoms with Gasteiger partial charge in [0.2, 0.25) is 0 Å². The number of nitrogens with one attached hydrogen (secondary N) is 1. The quantitative estimate of drug-likeness (QED) is 0.590. The lowest BCUT2D eigenvalue weighted by molar-refractivity contribution is 0.555. The summed E-state index contributed by atoms with van der Waals surface area (Å²) in [6.45, 7) is 6.08. The number of rotatable bonds is 5. The molecule has 0 aliphatic heterocycles. The van der Waals surface area contributed by atoms with Crippen LogP contribution < -0.4 is 10.6 Å². The summed E-state index contributed by atoms with van der Waals surface area (Å²) in [7, 11) is 4.19. The van der Waals surface area contributed by atoms with E-state index < -0.39 is 0 Å². The molecule has 0 aliphatic carbocycles. The molecule has 0 saturated heterocycles. The van der Waals surface area contributed by atoms with Crippen molar-refractivity contribution < 1.29 is 0 Å². The lowest BCUT2D eigenvalue weighted by Crippen LogP contribution is -2.29. The first kappa shape index (κ1) is 12.6. The Bertz CT molecular complexity index is 438. The molecule has 0 bridgehead atoms. The Kier molecular flexibility index (Phi) is 4.90. The molecule has 0 fully saturated rings. The van der Waals surface area contributed by atoms with Crippen LogP contribution in [0, 0.1) is 0 Å². The third kappa shape index (κ3) is 3.30. The van der Waals surface area contributed by atoms with Gasteiger partial charge in [-0.05, 0) is 32.3 Å². The van der Waals surface area contributed by atoms with Crippen molar-refractivity contribution in [1.29, 1.82) is 0 Å². The first-order valence-electron chi connectivity index (χ1n) is 5.80. The highest BCUT2D eigenvalue weighted by molar-refractivity contribution is 5.42. The number of H-pyrrole nitrogens is 1. The van der Waals surface area contributed by atoms with Crippen molar-refractivity contribution >= 4 is 12.3 Å². The Balaban J connectivity index is 2.86. The number of nitrogens with zero attached hydrogens (tertiary/aromatic N) is 1. The number of allylic oxidation sites excluding steroid dienone is 2. The molecule has 0 unspecified atom stereocenters. The van der Waals surface area contributed by atoms with Gasteiger partial charge in [0.1, 0.15) is 0 Å². The average molecular weight is 218 g/mol. The zero-order valence-corrected chi connectivity index (χ0v) is 10.6. The third-order valence-corrected chi connectivity index (χ3v) is 2.70. The normalized spacial score (nSPS) is 13.2. The van der Waals surface area contributed by atoms with Gasteiger partial charge in [0.25, 0.3) is 0 Å². The largest absolute Gasteiger partial charge is 0.380 e. The van der Waals surface area contributed by atoms with Crippen LogP contribution >= 0.6 is 0 Å². The molecule has 1 rings (SSSR count). The molecule has 0 saturated carbocycles. The van der Waals surface area contributed by atoms with Crippen molar-refractivity contribution in [1.82, 2.24) is 9.88 Å². The predicted octanol–water partition coefficient (Wildman–Crippen LogP) is 1.84. The molecule has 1 aromatic heterocycles. The van der Waals surface area contributed by atoms with E-state index in [0.717, 1.165) is 18.2 Å². The second-order valence-corrected chi connectivity index (χ2v) is 4.17. The van der Waals surface area contributed by atoms with Crippen molar-refractivity contribution in [2.24, 2.45) is 0 Å². The van der Waals surface area contributed by atoms with E-state index in [2.05, 4.69) is 55.7 Å². The fraction of sp³-hybridized carbons (Fsp3) is 0.429. The van der Waals surface area contributed by atoms with Gasteiger partial charge in [-0.25, -0.2) is 0 Å². The van der Waals surface area contributed by atoms with Gasteiger partial charge in [-0.2, -0.15) is 0 Å². The second kappa shape index (κ2) is 6.21. The molecule has 0 atom stereocenters. The summed E-state index contributed by atoms with van der Waals surface area (Å²) in [5, 5.41) is 2.25. The number of aromatic nitrogens is 1. The minimum absolute atomic E-state index is 1.01. The van der Waals surface area contributed by atoms with Gasteiger partial charge in [0.15, 0.2) is 0 Å². The molecule has 0 radical (unpaired) electrons. The topological polar surface area (TPSA) is 19.0 Å². The van der Waals surface area contributed by atoms with Gasteiger partial charge in [0, 0.05) is 36.6 Å². The third-order valence-electron chi connectivity index (χ3n) is 2.70. The van der Waals surface area contributed by atoms with Crippen LogP contribution in [0.5, 0.6) is 0 Å². The molecular weight excluding hydrogens is 196 g/mol. The van der Waals surface area contributed by atoms with Crippen molar-refractivity contribution in [3.63, 3.8) is 0 Å². The summed E-state index contributed by atoms with van der Waals surface area (Å²) in [4.78, 5) is 5.32. The molecule has 0 aliphatic rings. The number of hydrogen-bond donors (Lipinski definition) is 1. The Hall–Kier alpha value is -1.44. The van der Waals surface area contributed by atoms with Crippen LogP contribution in [0.25, 0.3) is 12.3 Å². The zero-order chi connectivity index (χ0) is 12.0. The average Bonchev–Trinajstić information content (AvgIpc) is 2.64. The van der Waals surface area contributed by atoms with Gasteiger partial charge in [-0.15, -0.1) is 0 Å². The molecule has 2 nitrogen and oxygen atoms in total. The molecule has 1 N–H and O–H groups in total. The summed E-state index contributed by atoms with van der Waals surface area (Å²) < 4.78 is 0.